The van der Waals surface area contributed by atoms with Crippen molar-refractivity contribution in [3.8, 4) is 17.0 Å². The van der Waals surface area contributed by atoms with Crippen LogP contribution in [0.4, 0.5) is 31.5 Å². The topological polar surface area (TPSA) is 153 Å². The Morgan fingerprint density at radius 1 is 1.10 bits per heavy atom. The molecule has 0 saturated heterocycles. The summed E-state index contributed by atoms with van der Waals surface area (Å²) < 4.78 is 91.4. The van der Waals surface area contributed by atoms with Gasteiger partial charge in [-0.05, 0) is 43.3 Å². The van der Waals surface area contributed by atoms with Crippen LogP contribution in [0.25, 0.3) is 21.5 Å². The molecule has 42 heavy (non-hydrogen) atoms. The first-order chi connectivity index (χ1) is 19.5. The summed E-state index contributed by atoms with van der Waals surface area (Å²) in [6, 6.07) is 5.03. The van der Waals surface area contributed by atoms with Gasteiger partial charge >= 0.3 is 6.18 Å². The van der Waals surface area contributed by atoms with Crippen molar-refractivity contribution >= 4 is 38.5 Å². The van der Waals surface area contributed by atoms with Crippen LogP contribution in [0.2, 0.25) is 0 Å². The van der Waals surface area contributed by atoms with Gasteiger partial charge in [-0.15, -0.1) is 0 Å². The fraction of sp³-hybridized carbons (Fsp3) is 0.231. The Morgan fingerprint density at radius 2 is 1.81 bits per heavy atom. The van der Waals surface area contributed by atoms with Gasteiger partial charge in [-0.25, -0.2) is 23.1 Å². The van der Waals surface area contributed by atoms with Crippen LogP contribution in [0.5, 0.6) is 5.75 Å². The monoisotopic (exact) mass is 611 g/mol. The first kappa shape index (κ1) is 29.1. The number of aromatic nitrogens is 2. The van der Waals surface area contributed by atoms with E-state index in [4.69, 9.17) is 16.2 Å². The maximum atomic E-state index is 14.5. The molecule has 1 aliphatic heterocycles. The molecule has 1 aliphatic rings. The number of rotatable bonds is 6. The fourth-order valence-corrected chi connectivity index (χ4v) is 5.21. The second kappa shape index (κ2) is 9.84. The molecule has 2 aromatic heterocycles. The van der Waals surface area contributed by atoms with Gasteiger partial charge in [0.05, 0.1) is 16.9 Å². The number of ether oxygens (including phenoxy) is 1. The molecule has 5 rings (SSSR count). The fourth-order valence-electron chi connectivity index (χ4n) is 4.42. The van der Waals surface area contributed by atoms with Crippen LogP contribution in [-0.4, -0.2) is 46.2 Å². The van der Waals surface area contributed by atoms with Crippen LogP contribution < -0.4 is 21.5 Å². The molecule has 2 amide bonds. The van der Waals surface area contributed by atoms with Gasteiger partial charge in [-0.2, -0.15) is 13.2 Å². The number of benzene rings is 2. The molecule has 0 radical (unpaired) electrons. The van der Waals surface area contributed by atoms with Gasteiger partial charge in [0.25, 0.3) is 5.91 Å². The Hall–Kier alpha value is -4.44. The standard InChI is InChI=1S/C26H19F6N5O4S/c1-24(22(33)39)9-41-20-12(24)7-17(36-18(20)10-2-3-13(27)14(28)4-10)25(40,26(30,31)32)8-35-21(38)11-5-15(29)19-16(6-11)42-23(34)37-19/h2-7,40H,8-9H2,1H3,(H2,33,39)(H2,34,37)(H,35,38)/t24-,25?/m0/s1. The highest BCUT2D eigenvalue weighted by molar-refractivity contribution is 7.22. The number of primary amides is 1. The number of nitrogens with one attached hydrogen (secondary N) is 1. The van der Waals surface area contributed by atoms with Crippen molar-refractivity contribution in [1.82, 2.24) is 15.3 Å². The third kappa shape index (κ3) is 4.65. The number of thiazole rings is 1. The lowest BCUT2D eigenvalue weighted by Crippen LogP contribution is -2.51. The van der Waals surface area contributed by atoms with Gasteiger partial charge in [0.15, 0.2) is 22.6 Å². The Labute approximate surface area is 236 Å². The maximum Gasteiger partial charge on any atom is 0.424 e. The number of anilines is 1. The van der Waals surface area contributed by atoms with E-state index >= 15 is 0 Å². The van der Waals surface area contributed by atoms with E-state index in [0.717, 1.165) is 29.5 Å². The highest BCUT2D eigenvalue weighted by atomic mass is 32.1. The number of carbonyl (C=O) groups excluding carboxylic acids is 2. The second-order valence-corrected chi connectivity index (χ2v) is 10.8. The van der Waals surface area contributed by atoms with Crippen molar-refractivity contribution < 1.29 is 45.8 Å². The molecule has 9 nitrogen and oxygen atoms in total. The summed E-state index contributed by atoms with van der Waals surface area (Å²) >= 11 is 0.845. The van der Waals surface area contributed by atoms with Crippen LogP contribution in [0, 0.1) is 17.5 Å². The van der Waals surface area contributed by atoms with Crippen LogP contribution >= 0.6 is 11.3 Å². The highest BCUT2D eigenvalue weighted by Gasteiger charge is 2.57. The van der Waals surface area contributed by atoms with Crippen molar-refractivity contribution in [3.63, 3.8) is 0 Å². The van der Waals surface area contributed by atoms with Crippen molar-refractivity contribution in [1.29, 1.82) is 0 Å². The number of nitrogens with two attached hydrogens (primary N) is 2. The third-order valence-corrected chi connectivity index (χ3v) is 7.77. The lowest BCUT2D eigenvalue weighted by Gasteiger charge is -2.31. The Morgan fingerprint density at radius 3 is 2.45 bits per heavy atom. The average molecular weight is 612 g/mol. The lowest BCUT2D eigenvalue weighted by atomic mass is 9.81. The molecule has 0 saturated carbocycles. The SMILES string of the molecule is C[C@]1(C(N)=O)COc2c1cc(C(O)(CNC(=O)c1cc(F)c3nc(N)sc3c1)C(F)(F)F)nc2-c1ccc(F)c(F)c1. The molecule has 2 atom stereocenters. The van der Waals surface area contributed by atoms with Crippen LogP contribution in [0.15, 0.2) is 36.4 Å². The molecule has 4 aromatic rings. The summed E-state index contributed by atoms with van der Waals surface area (Å²) in [5.41, 5.74) is 2.96. The van der Waals surface area contributed by atoms with Crippen LogP contribution in [-0.2, 0) is 15.8 Å². The number of hydrogen-bond acceptors (Lipinski definition) is 8. The summed E-state index contributed by atoms with van der Waals surface area (Å²) in [6.45, 7) is -0.654. The van der Waals surface area contributed by atoms with Crippen LogP contribution in [0.3, 0.4) is 0 Å². The summed E-state index contributed by atoms with van der Waals surface area (Å²) in [4.78, 5) is 32.8. The number of alkyl halides is 3. The summed E-state index contributed by atoms with van der Waals surface area (Å²) in [5.74, 6) is -5.95. The zero-order chi connectivity index (χ0) is 30.8. The number of amides is 2. The Bertz CT molecular complexity index is 1780. The molecule has 6 N–H and O–H groups in total. The quantitative estimate of drug-likeness (QED) is 0.243. The zero-order valence-corrected chi connectivity index (χ0v) is 22.1. The number of aliphatic hydroxyl groups is 1. The molecule has 0 spiro atoms. The number of halogens is 6. The number of carbonyl (C=O) groups is 2. The van der Waals surface area contributed by atoms with E-state index in [-0.39, 0.29) is 37.8 Å². The first-order valence-corrected chi connectivity index (χ1v) is 12.7. The van der Waals surface area contributed by atoms with E-state index in [1.807, 2.05) is 5.32 Å². The third-order valence-electron chi connectivity index (χ3n) is 6.93. The largest absolute Gasteiger partial charge is 0.489 e. The van der Waals surface area contributed by atoms with E-state index < -0.39 is 71.0 Å². The number of nitrogens with zero attached hydrogens (tertiary/aromatic N) is 2. The van der Waals surface area contributed by atoms with Crippen molar-refractivity contribution in [2.24, 2.45) is 5.73 Å². The van der Waals surface area contributed by atoms with Gasteiger partial charge in [0, 0.05) is 16.7 Å². The summed E-state index contributed by atoms with van der Waals surface area (Å²) in [6.07, 6.45) is -5.49. The average Bonchev–Trinajstić information content (AvgIpc) is 3.47. The molecule has 16 heteroatoms. The smallest absolute Gasteiger partial charge is 0.424 e. The number of hydrogen-bond donors (Lipinski definition) is 4. The Balaban J connectivity index is 1.61. The van der Waals surface area contributed by atoms with Gasteiger partial charge in [0.2, 0.25) is 11.5 Å². The lowest BCUT2D eigenvalue weighted by molar-refractivity contribution is -0.265. The van der Waals surface area contributed by atoms with Crippen molar-refractivity contribution in [2.45, 2.75) is 24.1 Å². The molecular formula is C26H19F6N5O4S. The van der Waals surface area contributed by atoms with Gasteiger partial charge in [-0.3, -0.25) is 9.59 Å². The maximum absolute atomic E-state index is 14.5. The minimum atomic E-state index is -5.49. The number of pyridine rings is 1. The summed E-state index contributed by atoms with van der Waals surface area (Å²) in [7, 11) is 0. The van der Waals surface area contributed by atoms with E-state index in [2.05, 4.69) is 9.97 Å². The molecule has 0 bridgehead atoms. The molecule has 2 aromatic carbocycles. The van der Waals surface area contributed by atoms with E-state index in [1.54, 1.807) is 0 Å². The van der Waals surface area contributed by atoms with Gasteiger partial charge in [-0.1, -0.05) is 11.3 Å². The highest BCUT2D eigenvalue weighted by Crippen LogP contribution is 2.47. The van der Waals surface area contributed by atoms with E-state index in [9.17, 15) is 41.0 Å². The predicted molar refractivity (Wildman–Crippen MR) is 138 cm³/mol. The number of fused-ring (bicyclic) bond motifs is 2. The Kier molecular flexibility index (Phi) is 6.81. The molecule has 0 aliphatic carbocycles. The predicted octanol–water partition coefficient (Wildman–Crippen LogP) is 3.67. The first-order valence-electron chi connectivity index (χ1n) is 11.9. The second-order valence-electron chi connectivity index (χ2n) is 9.74. The molecular weight excluding hydrogens is 592 g/mol. The van der Waals surface area contributed by atoms with Crippen molar-refractivity contribution in [3.05, 3.63) is 70.7 Å². The van der Waals surface area contributed by atoms with Crippen molar-refractivity contribution in [2.75, 3.05) is 18.9 Å². The molecule has 3 heterocycles. The molecule has 220 valence electrons. The zero-order valence-electron chi connectivity index (χ0n) is 21.3. The van der Waals surface area contributed by atoms with Gasteiger partial charge < -0.3 is 26.6 Å². The summed E-state index contributed by atoms with van der Waals surface area (Å²) in [5, 5.41) is 13.0. The molecule has 0 fully saturated rings. The number of nitrogen functional groups attached to an aromatic ring is 1. The van der Waals surface area contributed by atoms with Crippen LogP contribution in [0.1, 0.15) is 28.5 Å². The molecule has 1 unspecified atom stereocenters. The van der Waals surface area contributed by atoms with Gasteiger partial charge in [0.1, 0.15) is 29.0 Å². The minimum absolute atomic E-state index is 0.000584. The van der Waals surface area contributed by atoms with E-state index in [0.29, 0.717) is 12.1 Å². The normalized spacial score (nSPS) is 17.9. The van der Waals surface area contributed by atoms with E-state index in [1.165, 1.54) is 13.0 Å². The minimum Gasteiger partial charge on any atom is -0.489 e.